The number of benzene rings is 2. The zero-order valence-electron chi connectivity index (χ0n) is 22.5. The number of imidazole rings is 1. The molecule has 0 bridgehead atoms. The first-order valence-electron chi connectivity index (χ1n) is 13.2. The van der Waals surface area contributed by atoms with Gasteiger partial charge in [-0.3, -0.25) is 4.57 Å². The fourth-order valence-corrected chi connectivity index (χ4v) is 4.72. The van der Waals surface area contributed by atoms with E-state index < -0.39 is 31.1 Å². The Morgan fingerprint density at radius 2 is 1.88 bits per heavy atom. The Morgan fingerprint density at radius 1 is 1.07 bits per heavy atom. The Morgan fingerprint density at radius 3 is 2.60 bits per heavy atom. The fourth-order valence-electron chi connectivity index (χ4n) is 4.72. The summed E-state index contributed by atoms with van der Waals surface area (Å²) in [5, 5.41) is 33.8. The van der Waals surface area contributed by atoms with Crippen molar-refractivity contribution in [3.8, 4) is 16.9 Å². The van der Waals surface area contributed by atoms with Gasteiger partial charge in [0.25, 0.3) is 0 Å². The minimum absolute atomic E-state index is 0.173. The van der Waals surface area contributed by atoms with Crippen molar-refractivity contribution in [3.05, 3.63) is 60.4 Å². The van der Waals surface area contributed by atoms with Gasteiger partial charge in [0.15, 0.2) is 23.2 Å². The number of ether oxygens (including phenoxy) is 2. The lowest BCUT2D eigenvalue weighted by Gasteiger charge is -2.19. The summed E-state index contributed by atoms with van der Waals surface area (Å²) in [6, 6.07) is 16.2. The van der Waals surface area contributed by atoms with Crippen LogP contribution in [0.25, 0.3) is 22.3 Å². The zero-order chi connectivity index (χ0) is 28.2. The van der Waals surface area contributed by atoms with E-state index in [1.165, 1.54) is 10.9 Å². The molecule has 1 saturated heterocycles. The van der Waals surface area contributed by atoms with Crippen LogP contribution in [0.3, 0.4) is 0 Å². The molecule has 4 atom stereocenters. The Balaban J connectivity index is 1.31. The number of fused-ring (bicyclic) bond motifs is 1. The lowest BCUT2D eigenvalue weighted by molar-refractivity contribution is -0.0501. The Hall–Kier alpha value is -3.81. The van der Waals surface area contributed by atoms with Crippen LogP contribution in [0.2, 0.25) is 0 Å². The molecule has 4 aromatic rings. The molecule has 12 heteroatoms. The molecule has 40 heavy (non-hydrogen) atoms. The van der Waals surface area contributed by atoms with Crippen LogP contribution in [0.15, 0.2) is 54.9 Å². The van der Waals surface area contributed by atoms with Crippen LogP contribution in [0.4, 0.5) is 11.8 Å². The lowest BCUT2D eigenvalue weighted by atomic mass is 10.0. The van der Waals surface area contributed by atoms with E-state index in [1.807, 2.05) is 56.6 Å². The summed E-state index contributed by atoms with van der Waals surface area (Å²) in [4.78, 5) is 15.0. The summed E-state index contributed by atoms with van der Waals surface area (Å²) in [5.74, 6) is 1.35. The van der Waals surface area contributed by atoms with Crippen LogP contribution < -0.4 is 15.8 Å². The van der Waals surface area contributed by atoms with E-state index in [0.717, 1.165) is 35.4 Å². The van der Waals surface area contributed by atoms with Crippen molar-refractivity contribution in [2.24, 2.45) is 0 Å². The van der Waals surface area contributed by atoms with Crippen molar-refractivity contribution in [2.75, 3.05) is 44.9 Å². The van der Waals surface area contributed by atoms with E-state index in [-0.39, 0.29) is 5.82 Å². The molecule has 0 aliphatic carbocycles. The number of aromatic nitrogens is 4. The van der Waals surface area contributed by atoms with Gasteiger partial charge >= 0.3 is 0 Å². The first-order chi connectivity index (χ1) is 19.4. The predicted octanol–water partition coefficient (Wildman–Crippen LogP) is 1.63. The van der Waals surface area contributed by atoms with Crippen molar-refractivity contribution < 1.29 is 24.8 Å². The molecule has 0 radical (unpaired) electrons. The summed E-state index contributed by atoms with van der Waals surface area (Å²) in [5.41, 5.74) is 9.81. The summed E-state index contributed by atoms with van der Waals surface area (Å²) in [6.07, 6.45) is -2.30. The van der Waals surface area contributed by atoms with Crippen molar-refractivity contribution in [1.29, 1.82) is 0 Å². The maximum Gasteiger partial charge on any atom is 0.207 e. The number of nitrogens with two attached hydrogens (primary N) is 1. The predicted molar refractivity (Wildman–Crippen MR) is 151 cm³/mol. The number of nitrogens with one attached hydrogen (secondary N) is 1. The van der Waals surface area contributed by atoms with Crippen molar-refractivity contribution in [3.63, 3.8) is 0 Å². The van der Waals surface area contributed by atoms with Gasteiger partial charge in [0.2, 0.25) is 5.95 Å². The third-order valence-electron chi connectivity index (χ3n) is 6.87. The highest BCUT2D eigenvalue weighted by Gasteiger charge is 2.45. The summed E-state index contributed by atoms with van der Waals surface area (Å²) in [7, 11) is 4.10. The summed E-state index contributed by atoms with van der Waals surface area (Å²) < 4.78 is 13.2. The van der Waals surface area contributed by atoms with Crippen molar-refractivity contribution in [2.45, 2.75) is 37.5 Å². The molecule has 12 nitrogen and oxygen atoms in total. The molecule has 0 amide bonds. The molecule has 5 rings (SSSR count). The number of rotatable bonds is 11. The first kappa shape index (κ1) is 27.7. The molecule has 0 spiro atoms. The molecule has 1 aliphatic rings. The van der Waals surface area contributed by atoms with Gasteiger partial charge in [-0.1, -0.05) is 36.4 Å². The molecule has 1 fully saturated rings. The number of aliphatic hydroxyl groups excluding tert-OH is 3. The minimum Gasteiger partial charge on any atom is -0.494 e. The van der Waals surface area contributed by atoms with Crippen LogP contribution in [-0.2, 0) is 11.3 Å². The SMILES string of the molecule is CN(C)CCCOc1cccc(-c2ccc(CNc3nc4c(N)ncnc4n3[C@@H]3O[C@H](CO)[C@@H](O)[C@H]3O)cc2)c1. The third-order valence-corrected chi connectivity index (χ3v) is 6.87. The van der Waals surface area contributed by atoms with Gasteiger partial charge in [-0.15, -0.1) is 0 Å². The van der Waals surface area contributed by atoms with Gasteiger partial charge in [-0.25, -0.2) is 15.0 Å². The second kappa shape index (κ2) is 12.1. The summed E-state index contributed by atoms with van der Waals surface area (Å²) >= 11 is 0. The standard InChI is InChI=1S/C28H35N7O5/c1-34(2)11-4-12-39-20-6-3-5-19(13-20)18-9-7-17(8-10-18)14-30-28-33-22-25(29)31-16-32-26(22)35(28)27-24(38)23(37)21(15-36)40-27/h3,5-10,13,16,21,23-24,27,36-38H,4,11-12,14-15H2,1-2H3,(H,30,33)(H2,29,31,32)/t21-,23-,24-,27-/m1/s1. The molecule has 2 aromatic carbocycles. The Kier molecular flexibility index (Phi) is 8.43. The maximum absolute atomic E-state index is 10.7. The number of hydrogen-bond donors (Lipinski definition) is 5. The highest BCUT2D eigenvalue weighted by Crippen LogP contribution is 2.35. The topological polar surface area (TPSA) is 164 Å². The van der Waals surface area contributed by atoms with Gasteiger partial charge in [0.05, 0.1) is 13.2 Å². The minimum atomic E-state index is -1.31. The Labute approximate surface area is 232 Å². The van der Waals surface area contributed by atoms with Crippen LogP contribution in [0, 0.1) is 0 Å². The van der Waals surface area contributed by atoms with Gasteiger partial charge in [0, 0.05) is 13.1 Å². The second-order valence-corrected chi connectivity index (χ2v) is 10.0. The molecule has 0 saturated carbocycles. The molecular formula is C28H35N7O5. The molecule has 2 aromatic heterocycles. The molecule has 0 unspecified atom stereocenters. The third kappa shape index (κ3) is 5.86. The number of aliphatic hydroxyl groups is 3. The molecular weight excluding hydrogens is 514 g/mol. The molecule has 6 N–H and O–H groups in total. The van der Waals surface area contributed by atoms with E-state index in [4.69, 9.17) is 15.2 Å². The highest BCUT2D eigenvalue weighted by atomic mass is 16.6. The fraction of sp³-hybridized carbons (Fsp3) is 0.393. The zero-order valence-corrected chi connectivity index (χ0v) is 22.5. The van der Waals surface area contributed by atoms with Crippen LogP contribution in [0.5, 0.6) is 5.75 Å². The van der Waals surface area contributed by atoms with E-state index in [0.29, 0.717) is 30.3 Å². The monoisotopic (exact) mass is 549 g/mol. The number of anilines is 2. The Bertz CT molecular complexity index is 1430. The van der Waals surface area contributed by atoms with Crippen LogP contribution >= 0.6 is 0 Å². The van der Waals surface area contributed by atoms with E-state index >= 15 is 0 Å². The molecule has 3 heterocycles. The van der Waals surface area contributed by atoms with Crippen LogP contribution in [0.1, 0.15) is 18.2 Å². The maximum atomic E-state index is 10.7. The first-order valence-corrected chi connectivity index (χ1v) is 13.2. The molecule has 1 aliphatic heterocycles. The molecule has 212 valence electrons. The van der Waals surface area contributed by atoms with Gasteiger partial charge < -0.3 is 40.7 Å². The van der Waals surface area contributed by atoms with E-state index in [9.17, 15) is 15.3 Å². The average molecular weight is 550 g/mol. The van der Waals surface area contributed by atoms with Crippen molar-refractivity contribution >= 4 is 22.9 Å². The smallest absolute Gasteiger partial charge is 0.207 e. The van der Waals surface area contributed by atoms with Crippen LogP contribution in [-0.4, -0.2) is 91.9 Å². The average Bonchev–Trinajstić information content (AvgIpc) is 3.47. The summed E-state index contributed by atoms with van der Waals surface area (Å²) in [6.45, 7) is 1.60. The van der Waals surface area contributed by atoms with Gasteiger partial charge in [-0.2, -0.15) is 0 Å². The lowest BCUT2D eigenvalue weighted by Crippen LogP contribution is -2.33. The van der Waals surface area contributed by atoms with Gasteiger partial charge in [-0.05, 0) is 49.3 Å². The van der Waals surface area contributed by atoms with E-state index in [2.05, 4.69) is 31.2 Å². The number of nitrogens with zero attached hydrogens (tertiary/aromatic N) is 5. The second-order valence-electron chi connectivity index (χ2n) is 10.0. The van der Waals surface area contributed by atoms with E-state index in [1.54, 1.807) is 0 Å². The van der Waals surface area contributed by atoms with Crippen molar-refractivity contribution in [1.82, 2.24) is 24.4 Å². The largest absolute Gasteiger partial charge is 0.494 e. The van der Waals surface area contributed by atoms with Gasteiger partial charge in [0.1, 0.15) is 30.4 Å². The normalized spacial score (nSPS) is 20.9. The number of nitrogen functional groups attached to an aromatic ring is 1. The highest BCUT2D eigenvalue weighted by molar-refractivity contribution is 5.84. The quantitative estimate of drug-likeness (QED) is 0.173. The number of hydrogen-bond acceptors (Lipinski definition) is 11.